The van der Waals surface area contributed by atoms with Crippen LogP contribution in [0.15, 0.2) is 58.8 Å². The number of hydrogen-bond acceptors (Lipinski definition) is 5. The molecule has 2 aromatic carbocycles. The summed E-state index contributed by atoms with van der Waals surface area (Å²) in [5, 5.41) is 5.48. The average molecular weight is 444 g/mol. The van der Waals surface area contributed by atoms with Crippen LogP contribution < -0.4 is 10.0 Å². The molecule has 1 aromatic heterocycles. The second kappa shape index (κ2) is 8.67. The molecule has 0 fully saturated rings. The Kier molecular flexibility index (Phi) is 6.40. The zero-order chi connectivity index (χ0) is 21.9. The van der Waals surface area contributed by atoms with Crippen molar-refractivity contribution in [2.24, 2.45) is 0 Å². The van der Waals surface area contributed by atoms with Crippen LogP contribution in [0.1, 0.15) is 32.0 Å². The fraction of sp³-hybridized carbons (Fsp3) is 0.273. The van der Waals surface area contributed by atoms with E-state index in [0.717, 1.165) is 10.6 Å². The van der Waals surface area contributed by atoms with Crippen LogP contribution in [0.4, 0.5) is 5.69 Å². The number of carbonyl (C=O) groups excluding carboxylic acids is 1. The first-order valence-corrected chi connectivity index (χ1v) is 11.8. The van der Waals surface area contributed by atoms with E-state index in [1.54, 1.807) is 32.9 Å². The van der Waals surface area contributed by atoms with Gasteiger partial charge in [-0.1, -0.05) is 35.9 Å². The van der Waals surface area contributed by atoms with Crippen LogP contribution in [0.5, 0.6) is 0 Å². The Labute approximate surface area is 181 Å². The van der Waals surface area contributed by atoms with E-state index in [4.69, 9.17) is 0 Å². The van der Waals surface area contributed by atoms with Gasteiger partial charge >= 0.3 is 0 Å². The summed E-state index contributed by atoms with van der Waals surface area (Å²) >= 11 is 1.49. The normalized spacial score (nSPS) is 12.0. The SMILES string of the molecule is Cc1ccc(-c2nc(CC(=O)Nc3cccc(S(=O)(=O)NC(C)(C)C)c3)cs2)cc1. The number of hydrogen-bond donors (Lipinski definition) is 2. The maximum atomic E-state index is 12.5. The molecule has 0 saturated carbocycles. The molecule has 0 atom stereocenters. The predicted octanol–water partition coefficient (Wildman–Crippen LogP) is 4.38. The van der Waals surface area contributed by atoms with E-state index in [2.05, 4.69) is 15.0 Å². The fourth-order valence-corrected chi connectivity index (χ4v) is 5.08. The van der Waals surface area contributed by atoms with Crippen LogP contribution in [0, 0.1) is 6.92 Å². The lowest BCUT2D eigenvalue weighted by Crippen LogP contribution is -2.40. The largest absolute Gasteiger partial charge is 0.326 e. The summed E-state index contributed by atoms with van der Waals surface area (Å²) in [7, 11) is -3.68. The van der Waals surface area contributed by atoms with Gasteiger partial charge in [0.2, 0.25) is 15.9 Å². The third-order valence-electron chi connectivity index (χ3n) is 4.06. The highest BCUT2D eigenvalue weighted by Gasteiger charge is 2.22. The molecule has 0 radical (unpaired) electrons. The highest BCUT2D eigenvalue weighted by atomic mass is 32.2. The van der Waals surface area contributed by atoms with Gasteiger partial charge in [-0.25, -0.2) is 18.1 Å². The first-order valence-electron chi connectivity index (χ1n) is 9.47. The molecule has 30 heavy (non-hydrogen) atoms. The molecule has 2 N–H and O–H groups in total. The van der Waals surface area contributed by atoms with Gasteiger partial charge in [0.25, 0.3) is 0 Å². The van der Waals surface area contributed by atoms with Crippen LogP contribution in [0.25, 0.3) is 10.6 Å². The zero-order valence-corrected chi connectivity index (χ0v) is 19.0. The summed E-state index contributed by atoms with van der Waals surface area (Å²) in [6.45, 7) is 7.35. The van der Waals surface area contributed by atoms with E-state index < -0.39 is 15.6 Å². The molecule has 0 unspecified atom stereocenters. The third-order valence-corrected chi connectivity index (χ3v) is 6.76. The van der Waals surface area contributed by atoms with Gasteiger partial charge in [0, 0.05) is 22.2 Å². The molecule has 8 heteroatoms. The predicted molar refractivity (Wildman–Crippen MR) is 121 cm³/mol. The van der Waals surface area contributed by atoms with Crippen LogP contribution in [0.2, 0.25) is 0 Å². The van der Waals surface area contributed by atoms with E-state index in [0.29, 0.717) is 11.4 Å². The molecule has 1 heterocycles. The molecule has 0 saturated heterocycles. The van der Waals surface area contributed by atoms with Crippen LogP contribution in [0.3, 0.4) is 0 Å². The first-order chi connectivity index (χ1) is 14.0. The Morgan fingerprint density at radius 3 is 2.47 bits per heavy atom. The van der Waals surface area contributed by atoms with E-state index in [1.165, 1.54) is 29.0 Å². The molecule has 158 valence electrons. The van der Waals surface area contributed by atoms with Crippen molar-refractivity contribution in [3.05, 3.63) is 65.2 Å². The summed E-state index contributed by atoms with van der Waals surface area (Å²) in [5.41, 5.74) is 2.69. The molecule has 3 rings (SSSR count). The van der Waals surface area contributed by atoms with Gasteiger partial charge in [-0.05, 0) is 45.9 Å². The Morgan fingerprint density at radius 1 is 1.10 bits per heavy atom. The van der Waals surface area contributed by atoms with Crippen molar-refractivity contribution in [3.8, 4) is 10.6 Å². The maximum Gasteiger partial charge on any atom is 0.241 e. The first kappa shape index (κ1) is 22.1. The number of aryl methyl sites for hydroxylation is 1. The van der Waals surface area contributed by atoms with Crippen molar-refractivity contribution >= 4 is 33.0 Å². The van der Waals surface area contributed by atoms with Crippen LogP contribution >= 0.6 is 11.3 Å². The quantitative estimate of drug-likeness (QED) is 0.592. The van der Waals surface area contributed by atoms with Crippen molar-refractivity contribution in [2.75, 3.05) is 5.32 Å². The van der Waals surface area contributed by atoms with Crippen LogP contribution in [-0.4, -0.2) is 24.8 Å². The minimum Gasteiger partial charge on any atom is -0.326 e. The molecule has 0 spiro atoms. The minimum absolute atomic E-state index is 0.102. The van der Waals surface area contributed by atoms with Crippen molar-refractivity contribution in [1.29, 1.82) is 0 Å². The smallest absolute Gasteiger partial charge is 0.241 e. The van der Waals surface area contributed by atoms with E-state index >= 15 is 0 Å². The standard InChI is InChI=1S/C22H25N3O3S2/c1-15-8-10-16(11-9-15)21-24-18(14-29-21)13-20(26)23-17-6-5-7-19(12-17)30(27,28)25-22(2,3)4/h5-12,14,25H,13H2,1-4H3,(H,23,26). The zero-order valence-electron chi connectivity index (χ0n) is 17.4. The molecule has 0 aliphatic carbocycles. The van der Waals surface area contributed by atoms with Gasteiger partial charge in [0.15, 0.2) is 0 Å². The summed E-state index contributed by atoms with van der Waals surface area (Å²) < 4.78 is 27.6. The fourth-order valence-electron chi connectivity index (χ4n) is 2.79. The van der Waals surface area contributed by atoms with Crippen molar-refractivity contribution in [1.82, 2.24) is 9.71 Å². The average Bonchev–Trinajstić information content (AvgIpc) is 3.09. The Balaban J connectivity index is 1.68. The Bertz CT molecular complexity index is 1140. The van der Waals surface area contributed by atoms with Gasteiger partial charge in [0.05, 0.1) is 17.0 Å². The van der Waals surface area contributed by atoms with Crippen molar-refractivity contribution < 1.29 is 13.2 Å². The Morgan fingerprint density at radius 2 is 1.80 bits per heavy atom. The van der Waals surface area contributed by atoms with Crippen molar-refractivity contribution in [3.63, 3.8) is 0 Å². The molecule has 0 aliphatic heterocycles. The lowest BCUT2D eigenvalue weighted by atomic mass is 10.1. The van der Waals surface area contributed by atoms with Gasteiger partial charge in [-0.2, -0.15) is 0 Å². The van der Waals surface area contributed by atoms with Gasteiger partial charge in [0.1, 0.15) is 5.01 Å². The number of thiazole rings is 1. The molecule has 1 amide bonds. The maximum absolute atomic E-state index is 12.5. The molecule has 6 nitrogen and oxygen atoms in total. The minimum atomic E-state index is -3.68. The van der Waals surface area contributed by atoms with Crippen molar-refractivity contribution in [2.45, 2.75) is 44.6 Å². The topological polar surface area (TPSA) is 88.2 Å². The number of nitrogens with zero attached hydrogens (tertiary/aromatic N) is 1. The van der Waals surface area contributed by atoms with Crippen LogP contribution in [-0.2, 0) is 21.2 Å². The second-order valence-electron chi connectivity index (χ2n) is 8.12. The van der Waals surface area contributed by atoms with E-state index in [1.807, 2.05) is 36.6 Å². The summed E-state index contributed by atoms with van der Waals surface area (Å²) in [4.78, 5) is 17.1. The van der Waals surface area contributed by atoms with Gasteiger partial charge < -0.3 is 5.32 Å². The Hall–Kier alpha value is -2.55. The number of benzene rings is 2. The lowest BCUT2D eigenvalue weighted by molar-refractivity contribution is -0.115. The summed E-state index contributed by atoms with van der Waals surface area (Å²) in [6, 6.07) is 14.3. The number of anilines is 1. The monoisotopic (exact) mass is 443 g/mol. The number of rotatable bonds is 6. The summed E-state index contributed by atoms with van der Waals surface area (Å²) in [6.07, 6.45) is 0.111. The number of aromatic nitrogens is 1. The molecule has 3 aromatic rings. The van der Waals surface area contributed by atoms with E-state index in [9.17, 15) is 13.2 Å². The molecular formula is C22H25N3O3S2. The molecule has 0 bridgehead atoms. The highest BCUT2D eigenvalue weighted by molar-refractivity contribution is 7.89. The highest BCUT2D eigenvalue weighted by Crippen LogP contribution is 2.24. The molecule has 0 aliphatic rings. The second-order valence-corrected chi connectivity index (χ2v) is 10.7. The number of amides is 1. The third kappa shape index (κ3) is 5.98. The number of carbonyl (C=O) groups is 1. The number of sulfonamides is 1. The van der Waals surface area contributed by atoms with Gasteiger partial charge in [-0.15, -0.1) is 11.3 Å². The summed E-state index contributed by atoms with van der Waals surface area (Å²) in [5.74, 6) is -0.255. The van der Waals surface area contributed by atoms with E-state index in [-0.39, 0.29) is 17.2 Å². The lowest BCUT2D eigenvalue weighted by Gasteiger charge is -2.20. The number of nitrogens with one attached hydrogen (secondary N) is 2. The van der Waals surface area contributed by atoms with Gasteiger partial charge in [-0.3, -0.25) is 4.79 Å². The molecular weight excluding hydrogens is 418 g/mol.